The standard InChI is InChI=1S/C13H27NO/c1-10(2)12-5-4-6-13(7-12)14-8-11(3)9-15/h10-15H,4-9H2,1-3H3. The van der Waals surface area contributed by atoms with Gasteiger partial charge < -0.3 is 10.4 Å². The van der Waals surface area contributed by atoms with Crippen molar-refractivity contribution >= 4 is 0 Å². The number of hydrogen-bond acceptors (Lipinski definition) is 2. The van der Waals surface area contributed by atoms with E-state index >= 15 is 0 Å². The summed E-state index contributed by atoms with van der Waals surface area (Å²) >= 11 is 0. The maximum atomic E-state index is 8.96. The van der Waals surface area contributed by atoms with Gasteiger partial charge in [0.2, 0.25) is 0 Å². The lowest BCUT2D eigenvalue weighted by atomic mass is 9.79. The molecule has 15 heavy (non-hydrogen) atoms. The van der Waals surface area contributed by atoms with Crippen LogP contribution in [0, 0.1) is 17.8 Å². The molecule has 2 heteroatoms. The third kappa shape index (κ3) is 4.52. The Balaban J connectivity index is 2.24. The number of rotatable bonds is 5. The van der Waals surface area contributed by atoms with E-state index < -0.39 is 0 Å². The molecule has 2 nitrogen and oxygen atoms in total. The highest BCUT2D eigenvalue weighted by Crippen LogP contribution is 2.29. The molecule has 1 aliphatic rings. The summed E-state index contributed by atoms with van der Waals surface area (Å²) in [6.45, 7) is 8.03. The lowest BCUT2D eigenvalue weighted by Gasteiger charge is -2.32. The number of aliphatic hydroxyl groups is 1. The van der Waals surface area contributed by atoms with E-state index in [0.717, 1.165) is 18.4 Å². The van der Waals surface area contributed by atoms with Crippen molar-refractivity contribution in [1.82, 2.24) is 5.32 Å². The number of aliphatic hydroxyl groups excluding tert-OH is 1. The van der Waals surface area contributed by atoms with E-state index in [4.69, 9.17) is 5.11 Å². The van der Waals surface area contributed by atoms with Crippen molar-refractivity contribution < 1.29 is 5.11 Å². The van der Waals surface area contributed by atoms with Crippen molar-refractivity contribution in [3.63, 3.8) is 0 Å². The average Bonchev–Trinajstić information content (AvgIpc) is 2.26. The fourth-order valence-electron chi connectivity index (χ4n) is 2.45. The Morgan fingerprint density at radius 3 is 2.60 bits per heavy atom. The maximum Gasteiger partial charge on any atom is 0.0468 e. The predicted molar refractivity (Wildman–Crippen MR) is 64.8 cm³/mol. The fraction of sp³-hybridized carbons (Fsp3) is 1.00. The minimum Gasteiger partial charge on any atom is -0.396 e. The molecular weight excluding hydrogens is 186 g/mol. The minimum absolute atomic E-state index is 0.299. The van der Waals surface area contributed by atoms with Gasteiger partial charge in [0, 0.05) is 19.2 Å². The second-order valence-corrected chi connectivity index (χ2v) is 5.56. The largest absolute Gasteiger partial charge is 0.396 e. The first-order valence-electron chi connectivity index (χ1n) is 6.47. The summed E-state index contributed by atoms with van der Waals surface area (Å²) in [5, 5.41) is 12.6. The number of nitrogens with one attached hydrogen (secondary N) is 1. The van der Waals surface area contributed by atoms with E-state index in [0.29, 0.717) is 18.6 Å². The Labute approximate surface area is 94.5 Å². The van der Waals surface area contributed by atoms with E-state index in [1.807, 2.05) is 0 Å². The first kappa shape index (κ1) is 13.0. The summed E-state index contributed by atoms with van der Waals surface area (Å²) in [6.07, 6.45) is 5.43. The average molecular weight is 213 g/mol. The monoisotopic (exact) mass is 213 g/mol. The van der Waals surface area contributed by atoms with Gasteiger partial charge in [-0.3, -0.25) is 0 Å². The fourth-order valence-corrected chi connectivity index (χ4v) is 2.45. The molecule has 0 aromatic heterocycles. The van der Waals surface area contributed by atoms with Crippen LogP contribution in [0.4, 0.5) is 0 Å². The van der Waals surface area contributed by atoms with Gasteiger partial charge in [0.05, 0.1) is 0 Å². The molecule has 1 fully saturated rings. The summed E-state index contributed by atoms with van der Waals surface area (Å²) in [5.41, 5.74) is 0. The Bertz CT molecular complexity index is 170. The molecule has 1 saturated carbocycles. The second kappa shape index (κ2) is 6.49. The van der Waals surface area contributed by atoms with Crippen LogP contribution in [0.1, 0.15) is 46.5 Å². The van der Waals surface area contributed by atoms with Crippen LogP contribution in [0.3, 0.4) is 0 Å². The second-order valence-electron chi connectivity index (χ2n) is 5.56. The summed E-state index contributed by atoms with van der Waals surface area (Å²) in [5.74, 6) is 2.12. The van der Waals surface area contributed by atoms with Crippen LogP contribution in [-0.2, 0) is 0 Å². The first-order chi connectivity index (χ1) is 7.13. The molecule has 0 radical (unpaired) electrons. The normalized spacial score (nSPS) is 29.4. The summed E-state index contributed by atoms with van der Waals surface area (Å²) < 4.78 is 0. The first-order valence-corrected chi connectivity index (χ1v) is 6.47. The lowest BCUT2D eigenvalue weighted by Crippen LogP contribution is -2.38. The van der Waals surface area contributed by atoms with E-state index in [9.17, 15) is 0 Å². The molecule has 1 rings (SSSR count). The van der Waals surface area contributed by atoms with Crippen LogP contribution in [0.5, 0.6) is 0 Å². The van der Waals surface area contributed by atoms with Crippen molar-refractivity contribution in [1.29, 1.82) is 0 Å². The van der Waals surface area contributed by atoms with Gasteiger partial charge in [-0.15, -0.1) is 0 Å². The third-order valence-corrected chi connectivity index (χ3v) is 3.72. The predicted octanol–water partition coefficient (Wildman–Crippen LogP) is 2.42. The van der Waals surface area contributed by atoms with Crippen molar-refractivity contribution in [3.8, 4) is 0 Å². The topological polar surface area (TPSA) is 32.3 Å². The molecule has 0 aromatic rings. The Kier molecular flexibility index (Phi) is 5.62. The molecular formula is C13H27NO. The molecule has 90 valence electrons. The zero-order valence-corrected chi connectivity index (χ0v) is 10.5. The molecule has 3 unspecified atom stereocenters. The van der Waals surface area contributed by atoms with Crippen LogP contribution < -0.4 is 5.32 Å². The van der Waals surface area contributed by atoms with Gasteiger partial charge in [-0.1, -0.05) is 33.6 Å². The van der Waals surface area contributed by atoms with Gasteiger partial charge in [0.25, 0.3) is 0 Å². The van der Waals surface area contributed by atoms with E-state index in [1.165, 1.54) is 25.7 Å². The molecule has 0 aromatic carbocycles. The van der Waals surface area contributed by atoms with Crippen LogP contribution in [0.15, 0.2) is 0 Å². The van der Waals surface area contributed by atoms with Crippen molar-refractivity contribution in [2.75, 3.05) is 13.2 Å². The molecule has 0 spiro atoms. The van der Waals surface area contributed by atoms with E-state index in [-0.39, 0.29) is 0 Å². The van der Waals surface area contributed by atoms with Gasteiger partial charge in [-0.2, -0.15) is 0 Å². The molecule has 0 saturated heterocycles. The van der Waals surface area contributed by atoms with Gasteiger partial charge in [-0.25, -0.2) is 0 Å². The van der Waals surface area contributed by atoms with Crippen LogP contribution in [0.25, 0.3) is 0 Å². The summed E-state index contributed by atoms with van der Waals surface area (Å²) in [7, 11) is 0. The molecule has 0 aliphatic heterocycles. The molecule has 0 amide bonds. The Morgan fingerprint density at radius 1 is 1.27 bits per heavy atom. The third-order valence-electron chi connectivity index (χ3n) is 3.72. The molecule has 0 heterocycles. The van der Waals surface area contributed by atoms with Crippen LogP contribution >= 0.6 is 0 Å². The lowest BCUT2D eigenvalue weighted by molar-refractivity contribution is 0.203. The van der Waals surface area contributed by atoms with E-state index in [2.05, 4.69) is 26.1 Å². The smallest absolute Gasteiger partial charge is 0.0468 e. The highest BCUT2D eigenvalue weighted by atomic mass is 16.3. The molecule has 3 atom stereocenters. The van der Waals surface area contributed by atoms with Crippen molar-refractivity contribution in [2.24, 2.45) is 17.8 Å². The van der Waals surface area contributed by atoms with Gasteiger partial charge in [0.1, 0.15) is 0 Å². The zero-order chi connectivity index (χ0) is 11.3. The molecule has 0 bridgehead atoms. The molecule has 1 aliphatic carbocycles. The highest BCUT2D eigenvalue weighted by Gasteiger charge is 2.23. The van der Waals surface area contributed by atoms with Crippen LogP contribution in [0.2, 0.25) is 0 Å². The maximum absolute atomic E-state index is 8.96. The Morgan fingerprint density at radius 2 is 2.00 bits per heavy atom. The quantitative estimate of drug-likeness (QED) is 0.735. The minimum atomic E-state index is 0.299. The number of hydrogen-bond donors (Lipinski definition) is 2. The summed E-state index contributed by atoms with van der Waals surface area (Å²) in [6, 6.07) is 0.695. The molecule has 2 N–H and O–H groups in total. The summed E-state index contributed by atoms with van der Waals surface area (Å²) in [4.78, 5) is 0. The van der Waals surface area contributed by atoms with Crippen molar-refractivity contribution in [3.05, 3.63) is 0 Å². The SMILES string of the molecule is CC(CO)CNC1CCCC(C(C)C)C1. The van der Waals surface area contributed by atoms with Gasteiger partial charge in [0.15, 0.2) is 0 Å². The van der Waals surface area contributed by atoms with Gasteiger partial charge >= 0.3 is 0 Å². The van der Waals surface area contributed by atoms with Crippen LogP contribution in [-0.4, -0.2) is 24.3 Å². The zero-order valence-electron chi connectivity index (χ0n) is 10.5. The Hall–Kier alpha value is -0.0800. The van der Waals surface area contributed by atoms with Crippen molar-refractivity contribution in [2.45, 2.75) is 52.5 Å². The van der Waals surface area contributed by atoms with Gasteiger partial charge in [-0.05, 0) is 30.6 Å². The highest BCUT2D eigenvalue weighted by molar-refractivity contribution is 4.79. The van der Waals surface area contributed by atoms with E-state index in [1.54, 1.807) is 0 Å².